The number of carbonyl (C=O) groups excluding carboxylic acids is 1. The quantitative estimate of drug-likeness (QED) is 0.246. The average molecular weight is 579 g/mol. The zero-order valence-corrected chi connectivity index (χ0v) is 24.3. The van der Waals surface area contributed by atoms with E-state index in [9.17, 15) is 14.9 Å². The van der Waals surface area contributed by atoms with Crippen molar-refractivity contribution in [1.29, 1.82) is 5.26 Å². The lowest BCUT2D eigenvalue weighted by molar-refractivity contribution is -0.134. The molecule has 6 rings (SSSR count). The molecule has 11 heteroatoms. The summed E-state index contributed by atoms with van der Waals surface area (Å²) in [5, 5.41) is 9.91. The summed E-state index contributed by atoms with van der Waals surface area (Å²) < 4.78 is 8.93. The Bertz CT molecular complexity index is 1780. The van der Waals surface area contributed by atoms with Gasteiger partial charge in [0.05, 0.1) is 11.7 Å². The number of hydrogen-bond acceptors (Lipinski definition) is 8. The highest BCUT2D eigenvalue weighted by Gasteiger charge is 2.37. The summed E-state index contributed by atoms with van der Waals surface area (Å²) in [5.41, 5.74) is 7.00. The third-order valence-electron chi connectivity index (χ3n) is 8.37. The van der Waals surface area contributed by atoms with E-state index in [-0.39, 0.29) is 35.6 Å². The van der Waals surface area contributed by atoms with Crippen molar-refractivity contribution in [3.63, 3.8) is 0 Å². The minimum absolute atomic E-state index is 0.126. The standard InChI is InChI=1S/C32H34N8O3/c1-32(2,37-15-6-7-16-37)18-22(19-33)30(41)38-17-14-24(38)20-39-29-27(28(34)35-21-36-29)40(31(39)42)23-10-12-26(13-11-23)43-25-8-4-3-5-9-25/h3-5,8-13,18,21,24H,6-7,14-17,20H2,1-2H3,(H2,34,35,36)/b22-18-/t24-/m0/s1. The van der Waals surface area contributed by atoms with Gasteiger partial charge >= 0.3 is 5.69 Å². The number of nitriles is 1. The SMILES string of the molecule is CC(C)(/C=C(/C#N)C(=O)N1CC[C@H]1Cn1c(=O)n(-c2ccc(Oc3ccccc3)cc2)c2c(N)ncnc21)N1CCCC1. The van der Waals surface area contributed by atoms with Crippen LogP contribution in [0.25, 0.3) is 16.9 Å². The minimum Gasteiger partial charge on any atom is -0.457 e. The molecule has 11 nitrogen and oxygen atoms in total. The Morgan fingerprint density at radius 1 is 1.07 bits per heavy atom. The number of nitrogens with zero attached hydrogens (tertiary/aromatic N) is 7. The van der Waals surface area contributed by atoms with E-state index in [0.29, 0.717) is 41.3 Å². The number of amides is 1. The summed E-state index contributed by atoms with van der Waals surface area (Å²) in [5.74, 6) is 1.18. The molecule has 0 aliphatic carbocycles. The lowest BCUT2D eigenvalue weighted by Crippen LogP contribution is -2.54. The minimum atomic E-state index is -0.405. The van der Waals surface area contributed by atoms with Crippen LogP contribution in [-0.4, -0.2) is 66.0 Å². The van der Waals surface area contributed by atoms with E-state index in [2.05, 4.69) is 20.9 Å². The number of fused-ring (bicyclic) bond motifs is 1. The number of anilines is 1. The van der Waals surface area contributed by atoms with E-state index in [1.165, 1.54) is 15.5 Å². The van der Waals surface area contributed by atoms with Gasteiger partial charge in [0.15, 0.2) is 11.5 Å². The molecule has 2 aromatic carbocycles. The van der Waals surface area contributed by atoms with Gasteiger partial charge in [-0.2, -0.15) is 5.26 Å². The maximum absolute atomic E-state index is 13.9. The summed E-state index contributed by atoms with van der Waals surface area (Å²) in [7, 11) is 0. The number of ether oxygens (including phenoxy) is 1. The van der Waals surface area contributed by atoms with Gasteiger partial charge in [-0.15, -0.1) is 0 Å². The molecule has 2 aromatic heterocycles. The Morgan fingerprint density at radius 3 is 2.42 bits per heavy atom. The Balaban J connectivity index is 1.27. The van der Waals surface area contributed by atoms with Crippen LogP contribution in [-0.2, 0) is 11.3 Å². The Morgan fingerprint density at radius 2 is 1.77 bits per heavy atom. The second-order valence-electron chi connectivity index (χ2n) is 11.5. The number of aromatic nitrogens is 4. The number of rotatable bonds is 8. The van der Waals surface area contributed by atoms with Gasteiger partial charge in [-0.1, -0.05) is 18.2 Å². The van der Waals surface area contributed by atoms with Crippen LogP contribution < -0.4 is 16.2 Å². The van der Waals surface area contributed by atoms with Crippen LogP contribution in [0.15, 0.2) is 77.4 Å². The molecule has 2 aliphatic rings. The first kappa shape index (κ1) is 28.2. The monoisotopic (exact) mass is 578 g/mol. The fraction of sp³-hybridized carbons (Fsp3) is 0.344. The van der Waals surface area contributed by atoms with Crippen molar-refractivity contribution in [1.82, 2.24) is 28.9 Å². The zero-order valence-electron chi connectivity index (χ0n) is 24.3. The van der Waals surface area contributed by atoms with Gasteiger partial charge in [0.25, 0.3) is 5.91 Å². The molecule has 4 heterocycles. The second-order valence-corrected chi connectivity index (χ2v) is 11.5. The van der Waals surface area contributed by atoms with Gasteiger partial charge in [0.2, 0.25) is 0 Å². The van der Waals surface area contributed by atoms with Crippen LogP contribution in [0.2, 0.25) is 0 Å². The molecule has 1 amide bonds. The highest BCUT2D eigenvalue weighted by molar-refractivity contribution is 5.98. The van der Waals surface area contributed by atoms with Crippen molar-refractivity contribution in [3.05, 3.63) is 83.1 Å². The topological polar surface area (TPSA) is 135 Å². The van der Waals surface area contributed by atoms with E-state index in [1.807, 2.05) is 44.2 Å². The smallest absolute Gasteiger partial charge is 0.335 e. The number of likely N-dealkylation sites (tertiary alicyclic amines) is 2. The lowest BCUT2D eigenvalue weighted by atomic mass is 9.96. The van der Waals surface area contributed by atoms with Gasteiger partial charge in [-0.3, -0.25) is 18.8 Å². The van der Waals surface area contributed by atoms with Crippen molar-refractivity contribution in [2.75, 3.05) is 25.4 Å². The first-order valence-electron chi connectivity index (χ1n) is 14.5. The Kier molecular flexibility index (Phi) is 7.46. The Labute approximate surface area is 249 Å². The molecule has 0 spiro atoms. The predicted molar refractivity (Wildman–Crippen MR) is 163 cm³/mol. The molecule has 220 valence electrons. The van der Waals surface area contributed by atoms with E-state index in [4.69, 9.17) is 10.5 Å². The number of hydrogen-bond donors (Lipinski definition) is 1. The van der Waals surface area contributed by atoms with Crippen LogP contribution in [0.3, 0.4) is 0 Å². The molecular formula is C32H34N8O3. The third-order valence-corrected chi connectivity index (χ3v) is 8.37. The highest BCUT2D eigenvalue weighted by atomic mass is 16.5. The zero-order chi connectivity index (χ0) is 30.1. The molecule has 2 aliphatic heterocycles. The van der Waals surface area contributed by atoms with E-state index in [1.54, 1.807) is 35.2 Å². The fourth-order valence-corrected chi connectivity index (χ4v) is 5.94. The van der Waals surface area contributed by atoms with Crippen LogP contribution in [0, 0.1) is 11.3 Å². The first-order valence-corrected chi connectivity index (χ1v) is 14.5. The van der Waals surface area contributed by atoms with E-state index in [0.717, 1.165) is 25.9 Å². The van der Waals surface area contributed by atoms with Crippen molar-refractivity contribution >= 4 is 22.9 Å². The van der Waals surface area contributed by atoms with Crippen LogP contribution in [0.4, 0.5) is 5.82 Å². The molecule has 4 aromatic rings. The number of para-hydroxylation sites is 1. The lowest BCUT2D eigenvalue weighted by Gasteiger charge is -2.41. The molecule has 2 fully saturated rings. The predicted octanol–water partition coefficient (Wildman–Crippen LogP) is 3.88. The summed E-state index contributed by atoms with van der Waals surface area (Å²) >= 11 is 0. The first-order chi connectivity index (χ1) is 20.8. The molecule has 1 atom stereocenters. The maximum Gasteiger partial charge on any atom is 0.335 e. The molecule has 0 bridgehead atoms. The van der Waals surface area contributed by atoms with Gasteiger partial charge in [0.1, 0.15) is 35.0 Å². The highest BCUT2D eigenvalue weighted by Crippen LogP contribution is 2.29. The number of imidazole rings is 1. The van der Waals surface area contributed by atoms with Crippen LogP contribution >= 0.6 is 0 Å². The van der Waals surface area contributed by atoms with Gasteiger partial charge in [0, 0.05) is 18.6 Å². The van der Waals surface area contributed by atoms with Crippen LogP contribution in [0.5, 0.6) is 11.5 Å². The van der Waals surface area contributed by atoms with Crippen LogP contribution in [0.1, 0.15) is 33.1 Å². The maximum atomic E-state index is 13.9. The fourth-order valence-electron chi connectivity index (χ4n) is 5.94. The van der Waals surface area contributed by atoms with Crippen molar-refractivity contribution in [2.45, 2.75) is 51.2 Å². The Hall–Kier alpha value is -4.95. The molecule has 0 unspecified atom stereocenters. The molecule has 2 saturated heterocycles. The summed E-state index contributed by atoms with van der Waals surface area (Å²) in [6, 6.07) is 18.4. The molecule has 43 heavy (non-hydrogen) atoms. The van der Waals surface area contributed by atoms with Crippen molar-refractivity contribution in [3.8, 4) is 23.3 Å². The van der Waals surface area contributed by atoms with E-state index < -0.39 is 5.54 Å². The summed E-state index contributed by atoms with van der Waals surface area (Å²) in [4.78, 5) is 39.9. The number of benzene rings is 2. The molecule has 0 radical (unpaired) electrons. The largest absolute Gasteiger partial charge is 0.457 e. The summed E-state index contributed by atoms with van der Waals surface area (Å²) in [6.45, 7) is 6.70. The number of nitrogen functional groups attached to an aromatic ring is 1. The van der Waals surface area contributed by atoms with Gasteiger partial charge in [-0.25, -0.2) is 14.8 Å². The van der Waals surface area contributed by atoms with Gasteiger partial charge < -0.3 is 15.4 Å². The number of nitrogens with two attached hydrogens (primary N) is 1. The molecule has 0 saturated carbocycles. The normalized spacial score (nSPS) is 17.6. The molecular weight excluding hydrogens is 544 g/mol. The van der Waals surface area contributed by atoms with E-state index >= 15 is 0 Å². The second kappa shape index (κ2) is 11.4. The van der Waals surface area contributed by atoms with Crippen molar-refractivity contribution < 1.29 is 9.53 Å². The van der Waals surface area contributed by atoms with Crippen molar-refractivity contribution in [2.24, 2.45) is 0 Å². The number of carbonyl (C=O) groups is 1. The molecule has 2 N–H and O–H groups in total. The average Bonchev–Trinajstić information content (AvgIpc) is 3.63. The van der Waals surface area contributed by atoms with Gasteiger partial charge in [-0.05, 0) is 88.7 Å². The third kappa shape index (κ3) is 5.37. The summed E-state index contributed by atoms with van der Waals surface area (Å²) in [6.07, 6.45) is 6.04.